The average molecular weight is 498 g/mol. The Kier molecular flexibility index (Phi) is 8.28. The second kappa shape index (κ2) is 11.4. The lowest BCUT2D eigenvalue weighted by Gasteiger charge is -2.36. The molecule has 2 aliphatic heterocycles. The maximum absolute atomic E-state index is 12.5. The number of alkyl halides is 3. The SMILES string of the molecule is N#Cc1nccnc1O[C@H]1CC[C@H](OC2CCN(C(=O)O[C@H]3CCN(CC(F)(F)F)C3)CC2)CC1. The van der Waals surface area contributed by atoms with E-state index in [9.17, 15) is 18.0 Å². The Hall–Kier alpha value is -2.65. The normalized spacial score (nSPS) is 26.3. The number of amides is 1. The zero-order chi connectivity index (χ0) is 24.8. The van der Waals surface area contributed by atoms with Gasteiger partial charge in [0.1, 0.15) is 18.3 Å². The van der Waals surface area contributed by atoms with Gasteiger partial charge in [0, 0.05) is 38.6 Å². The first-order chi connectivity index (χ1) is 16.8. The van der Waals surface area contributed by atoms with Crippen molar-refractivity contribution in [3.05, 3.63) is 18.1 Å². The molecule has 0 unspecified atom stereocenters. The highest BCUT2D eigenvalue weighted by Crippen LogP contribution is 2.28. The summed E-state index contributed by atoms with van der Waals surface area (Å²) >= 11 is 0. The number of halogens is 3. The topological polar surface area (TPSA) is 101 Å². The van der Waals surface area contributed by atoms with Gasteiger partial charge in [-0.2, -0.15) is 18.4 Å². The fourth-order valence-electron chi connectivity index (χ4n) is 4.89. The van der Waals surface area contributed by atoms with Crippen molar-refractivity contribution in [2.24, 2.45) is 0 Å². The zero-order valence-corrected chi connectivity index (χ0v) is 19.5. The number of likely N-dealkylation sites (tertiary alicyclic amines) is 2. The molecule has 1 aromatic heterocycles. The molecule has 1 atom stereocenters. The minimum Gasteiger partial charge on any atom is -0.472 e. The van der Waals surface area contributed by atoms with E-state index in [1.807, 2.05) is 6.07 Å². The number of hydrogen-bond donors (Lipinski definition) is 0. The van der Waals surface area contributed by atoms with E-state index in [2.05, 4.69) is 9.97 Å². The molecule has 3 fully saturated rings. The van der Waals surface area contributed by atoms with Crippen molar-refractivity contribution in [3.8, 4) is 11.9 Å². The van der Waals surface area contributed by atoms with Crippen LogP contribution in [0.4, 0.5) is 18.0 Å². The Morgan fingerprint density at radius 3 is 2.29 bits per heavy atom. The van der Waals surface area contributed by atoms with Gasteiger partial charge < -0.3 is 19.1 Å². The van der Waals surface area contributed by atoms with E-state index >= 15 is 0 Å². The van der Waals surface area contributed by atoms with Gasteiger partial charge in [-0.05, 0) is 44.9 Å². The minimum absolute atomic E-state index is 0.0297. The van der Waals surface area contributed by atoms with Gasteiger partial charge in [-0.3, -0.25) is 4.90 Å². The van der Waals surface area contributed by atoms with Crippen molar-refractivity contribution in [1.29, 1.82) is 5.26 Å². The van der Waals surface area contributed by atoms with Gasteiger partial charge in [-0.25, -0.2) is 14.8 Å². The van der Waals surface area contributed by atoms with Crippen LogP contribution in [0, 0.1) is 11.3 Å². The highest BCUT2D eigenvalue weighted by molar-refractivity contribution is 5.68. The molecule has 1 amide bonds. The minimum atomic E-state index is -4.25. The van der Waals surface area contributed by atoms with Gasteiger partial charge >= 0.3 is 12.3 Å². The number of nitriles is 1. The highest BCUT2D eigenvalue weighted by atomic mass is 19.4. The van der Waals surface area contributed by atoms with Gasteiger partial charge in [0.15, 0.2) is 0 Å². The van der Waals surface area contributed by atoms with Crippen LogP contribution in [0.5, 0.6) is 5.88 Å². The lowest BCUT2D eigenvalue weighted by atomic mass is 9.94. The number of rotatable bonds is 6. The Labute approximate surface area is 202 Å². The van der Waals surface area contributed by atoms with Crippen LogP contribution in [0.25, 0.3) is 0 Å². The summed E-state index contributed by atoms with van der Waals surface area (Å²) in [7, 11) is 0. The second-order valence-corrected chi connectivity index (χ2v) is 9.31. The largest absolute Gasteiger partial charge is 0.472 e. The molecule has 192 valence electrons. The van der Waals surface area contributed by atoms with Crippen molar-refractivity contribution in [2.75, 3.05) is 32.7 Å². The summed E-state index contributed by atoms with van der Waals surface area (Å²) in [5.41, 5.74) is 0.183. The van der Waals surface area contributed by atoms with E-state index in [4.69, 9.17) is 19.5 Å². The molecule has 0 radical (unpaired) electrons. The maximum atomic E-state index is 12.5. The number of nitrogens with zero attached hydrogens (tertiary/aromatic N) is 5. The third-order valence-corrected chi connectivity index (χ3v) is 6.65. The van der Waals surface area contributed by atoms with E-state index in [-0.39, 0.29) is 43.0 Å². The Morgan fingerprint density at radius 1 is 0.971 bits per heavy atom. The number of piperidine rings is 1. The van der Waals surface area contributed by atoms with Crippen LogP contribution in [0.2, 0.25) is 0 Å². The molecule has 2 saturated heterocycles. The number of aromatic nitrogens is 2. The van der Waals surface area contributed by atoms with Crippen LogP contribution >= 0.6 is 0 Å². The lowest BCUT2D eigenvalue weighted by Crippen LogP contribution is -2.44. The molecular formula is C23H30F3N5O4. The van der Waals surface area contributed by atoms with E-state index in [1.54, 1.807) is 4.90 Å². The summed E-state index contributed by atoms with van der Waals surface area (Å²) in [5.74, 6) is 0.268. The first-order valence-corrected chi connectivity index (χ1v) is 12.1. The van der Waals surface area contributed by atoms with Gasteiger partial charge in [0.05, 0.1) is 18.8 Å². The molecule has 3 aliphatic rings. The fourth-order valence-corrected chi connectivity index (χ4v) is 4.89. The molecule has 4 rings (SSSR count). The van der Waals surface area contributed by atoms with Crippen molar-refractivity contribution in [2.45, 2.75) is 75.5 Å². The van der Waals surface area contributed by atoms with Crippen molar-refractivity contribution in [1.82, 2.24) is 19.8 Å². The summed E-state index contributed by atoms with van der Waals surface area (Å²) < 4.78 is 55.2. The van der Waals surface area contributed by atoms with Crippen LogP contribution < -0.4 is 4.74 Å². The molecule has 3 heterocycles. The maximum Gasteiger partial charge on any atom is 0.410 e. The first-order valence-electron chi connectivity index (χ1n) is 12.1. The number of carbonyl (C=O) groups excluding carboxylic acids is 1. The van der Waals surface area contributed by atoms with Crippen LogP contribution in [-0.4, -0.2) is 89.2 Å². The Bertz CT molecular complexity index is 896. The number of ether oxygens (including phenoxy) is 3. The van der Waals surface area contributed by atoms with Crippen LogP contribution in [0.3, 0.4) is 0 Å². The molecule has 1 aromatic rings. The monoisotopic (exact) mass is 497 g/mol. The number of carbonyl (C=O) groups is 1. The molecule has 0 N–H and O–H groups in total. The Morgan fingerprint density at radius 2 is 1.60 bits per heavy atom. The predicted octanol–water partition coefficient (Wildman–Crippen LogP) is 3.29. The summed E-state index contributed by atoms with van der Waals surface area (Å²) in [4.78, 5) is 23.4. The quantitative estimate of drug-likeness (QED) is 0.590. The van der Waals surface area contributed by atoms with Crippen LogP contribution in [-0.2, 0) is 9.47 Å². The van der Waals surface area contributed by atoms with E-state index in [1.165, 1.54) is 17.3 Å². The predicted molar refractivity (Wildman–Crippen MR) is 116 cm³/mol. The van der Waals surface area contributed by atoms with Crippen molar-refractivity contribution in [3.63, 3.8) is 0 Å². The van der Waals surface area contributed by atoms with Crippen LogP contribution in [0.15, 0.2) is 12.4 Å². The molecule has 0 bridgehead atoms. The lowest BCUT2D eigenvalue weighted by molar-refractivity contribution is -0.144. The molecule has 35 heavy (non-hydrogen) atoms. The molecular weight excluding hydrogens is 467 g/mol. The van der Waals surface area contributed by atoms with Gasteiger partial charge in [-0.1, -0.05) is 0 Å². The standard InChI is InChI=1S/C23H30F3N5O4/c24-23(25,26)15-30-10-5-19(14-30)35-22(32)31-11-6-18(7-12-31)33-16-1-3-17(4-2-16)34-21-20(13-27)28-8-9-29-21/h8-9,16-19H,1-7,10-12,14-15H2/t16-,17-,19-/m0/s1. The summed E-state index contributed by atoms with van der Waals surface area (Å²) in [6, 6.07) is 1.99. The fraction of sp³-hybridized carbons (Fsp3) is 0.739. The molecule has 0 spiro atoms. The summed E-state index contributed by atoms with van der Waals surface area (Å²) in [5, 5.41) is 9.12. The molecule has 1 saturated carbocycles. The Balaban J connectivity index is 1.13. The average Bonchev–Trinajstić information content (AvgIpc) is 3.26. The smallest absolute Gasteiger partial charge is 0.410 e. The first kappa shape index (κ1) is 25.4. The van der Waals surface area contributed by atoms with Crippen molar-refractivity contribution < 1.29 is 32.2 Å². The van der Waals surface area contributed by atoms with E-state index in [0.29, 0.717) is 32.4 Å². The summed E-state index contributed by atoms with van der Waals surface area (Å²) in [6.07, 6.45) is 2.99. The molecule has 1 aliphatic carbocycles. The highest BCUT2D eigenvalue weighted by Gasteiger charge is 2.36. The molecule has 9 nitrogen and oxygen atoms in total. The van der Waals surface area contributed by atoms with Crippen molar-refractivity contribution >= 4 is 6.09 Å². The summed E-state index contributed by atoms with van der Waals surface area (Å²) in [6.45, 7) is 0.430. The van der Waals surface area contributed by atoms with Gasteiger partial charge in [-0.15, -0.1) is 0 Å². The number of hydrogen-bond acceptors (Lipinski definition) is 8. The van der Waals surface area contributed by atoms with Gasteiger partial charge in [0.25, 0.3) is 5.88 Å². The van der Waals surface area contributed by atoms with E-state index < -0.39 is 24.9 Å². The molecule has 0 aromatic carbocycles. The van der Waals surface area contributed by atoms with E-state index in [0.717, 1.165) is 25.7 Å². The molecule has 12 heteroatoms. The zero-order valence-electron chi connectivity index (χ0n) is 19.5. The third kappa shape index (κ3) is 7.41. The third-order valence-electron chi connectivity index (χ3n) is 6.65. The van der Waals surface area contributed by atoms with Crippen LogP contribution in [0.1, 0.15) is 50.6 Å². The van der Waals surface area contributed by atoms with Gasteiger partial charge in [0.2, 0.25) is 5.69 Å². The second-order valence-electron chi connectivity index (χ2n) is 9.31.